The zero-order valence-corrected chi connectivity index (χ0v) is 23.4. The summed E-state index contributed by atoms with van der Waals surface area (Å²) in [5.41, 5.74) is 3.72. The van der Waals surface area contributed by atoms with Crippen LogP contribution in [0, 0.1) is 0 Å². The molecule has 0 spiro atoms. The van der Waals surface area contributed by atoms with Gasteiger partial charge in [0, 0.05) is 82.3 Å². The number of nitrogens with zero attached hydrogens (tertiary/aromatic N) is 6. The normalized spacial score (nSPS) is 21.8. The number of amides is 2. The number of pyridine rings is 1. The van der Waals surface area contributed by atoms with Crippen LogP contribution in [-0.4, -0.2) is 97.5 Å². The Morgan fingerprint density at radius 2 is 1.73 bits per heavy atom. The molecule has 0 saturated carbocycles. The van der Waals surface area contributed by atoms with E-state index in [1.165, 1.54) is 11.1 Å². The predicted molar refractivity (Wildman–Crippen MR) is 155 cm³/mol. The van der Waals surface area contributed by atoms with Gasteiger partial charge < -0.3 is 20.2 Å². The van der Waals surface area contributed by atoms with Crippen molar-refractivity contribution in [2.75, 3.05) is 38.0 Å². The fraction of sp³-hybridized carbons (Fsp3) is 0.452. The molecule has 0 aliphatic carbocycles. The number of anilines is 1. The molecule has 3 aromatic rings. The lowest BCUT2D eigenvalue weighted by Crippen LogP contribution is -2.56. The summed E-state index contributed by atoms with van der Waals surface area (Å²) >= 11 is 0. The molecule has 2 N–H and O–H groups in total. The van der Waals surface area contributed by atoms with Crippen molar-refractivity contribution in [3.05, 3.63) is 71.7 Å². The Morgan fingerprint density at radius 1 is 0.951 bits per heavy atom. The summed E-state index contributed by atoms with van der Waals surface area (Å²) in [7, 11) is 0. The number of benzene rings is 1. The van der Waals surface area contributed by atoms with E-state index in [-0.39, 0.29) is 30.4 Å². The smallest absolute Gasteiger partial charge is 0.272 e. The second kappa shape index (κ2) is 11.9. The summed E-state index contributed by atoms with van der Waals surface area (Å²) in [5, 5.41) is 14.7. The van der Waals surface area contributed by atoms with Crippen LogP contribution in [0.4, 0.5) is 5.82 Å². The van der Waals surface area contributed by atoms with Gasteiger partial charge >= 0.3 is 0 Å². The SMILES string of the molecule is CC(=O)N1CCC(Nc2cc(C(=O)N3CC[C@@H](N4CCc5ccccc5C4)[C@H](O)C3)nc(-c3cccnc3)n2)CC1. The molecule has 0 unspecified atom stereocenters. The van der Waals surface area contributed by atoms with E-state index in [2.05, 4.69) is 44.5 Å². The first kappa shape index (κ1) is 27.3. The highest BCUT2D eigenvalue weighted by Crippen LogP contribution is 2.27. The van der Waals surface area contributed by atoms with Gasteiger partial charge in [-0.05, 0) is 48.9 Å². The van der Waals surface area contributed by atoms with Crippen LogP contribution in [0.5, 0.6) is 0 Å². The standard InChI is InChI=1S/C31H37N7O3/c1-21(39)36-14-9-25(10-15-36)33-29-17-26(34-30(35-29)23-7-4-12-32-18-23)31(41)38-16-11-27(28(40)20-38)37-13-8-22-5-2-3-6-24(22)19-37/h2-7,12,17-18,25,27-28,40H,8-11,13-16,19-20H2,1H3,(H,33,34,35)/t27-,28-/m1/s1. The third-order valence-electron chi connectivity index (χ3n) is 8.62. The number of likely N-dealkylation sites (tertiary alicyclic amines) is 2. The molecule has 2 amide bonds. The zero-order chi connectivity index (χ0) is 28.3. The average molecular weight is 556 g/mol. The minimum atomic E-state index is -0.637. The molecule has 10 nitrogen and oxygen atoms in total. The molecular formula is C31H37N7O3. The Labute approximate surface area is 240 Å². The molecule has 2 saturated heterocycles. The number of nitrogens with one attached hydrogen (secondary N) is 1. The van der Waals surface area contributed by atoms with Gasteiger partial charge in [-0.25, -0.2) is 9.97 Å². The van der Waals surface area contributed by atoms with E-state index >= 15 is 0 Å². The fourth-order valence-electron chi connectivity index (χ4n) is 6.29. The molecule has 1 aromatic carbocycles. The van der Waals surface area contributed by atoms with Crippen LogP contribution in [0.25, 0.3) is 11.4 Å². The van der Waals surface area contributed by atoms with Crippen molar-refractivity contribution in [1.29, 1.82) is 0 Å². The predicted octanol–water partition coefficient (Wildman–Crippen LogP) is 2.60. The second-order valence-electron chi connectivity index (χ2n) is 11.3. The number of carbonyl (C=O) groups excluding carboxylic acids is 2. The minimum absolute atomic E-state index is 0.0156. The lowest BCUT2D eigenvalue weighted by molar-refractivity contribution is -0.129. The van der Waals surface area contributed by atoms with Crippen molar-refractivity contribution in [2.24, 2.45) is 0 Å². The fourth-order valence-corrected chi connectivity index (χ4v) is 6.29. The van der Waals surface area contributed by atoms with Crippen molar-refractivity contribution >= 4 is 17.6 Å². The summed E-state index contributed by atoms with van der Waals surface area (Å²) in [6.45, 7) is 5.53. The number of hydrogen-bond donors (Lipinski definition) is 2. The molecule has 214 valence electrons. The molecule has 2 atom stereocenters. The van der Waals surface area contributed by atoms with Crippen molar-refractivity contribution in [3.8, 4) is 11.4 Å². The van der Waals surface area contributed by atoms with Crippen LogP contribution in [0.2, 0.25) is 0 Å². The Hall–Kier alpha value is -3.89. The molecule has 41 heavy (non-hydrogen) atoms. The van der Waals surface area contributed by atoms with Crippen LogP contribution < -0.4 is 5.32 Å². The summed E-state index contributed by atoms with van der Waals surface area (Å²) in [4.78, 5) is 45.0. The van der Waals surface area contributed by atoms with Gasteiger partial charge in [-0.3, -0.25) is 19.5 Å². The number of piperidine rings is 2. The maximum Gasteiger partial charge on any atom is 0.272 e. The number of aliphatic hydroxyl groups excluding tert-OH is 1. The first-order valence-electron chi connectivity index (χ1n) is 14.5. The molecule has 3 aliphatic heterocycles. The highest BCUT2D eigenvalue weighted by Gasteiger charge is 2.36. The monoisotopic (exact) mass is 555 g/mol. The lowest BCUT2D eigenvalue weighted by Gasteiger charge is -2.43. The van der Waals surface area contributed by atoms with Crippen LogP contribution in [0.1, 0.15) is 47.8 Å². The highest BCUT2D eigenvalue weighted by atomic mass is 16.3. The van der Waals surface area contributed by atoms with Gasteiger partial charge in [-0.2, -0.15) is 0 Å². The summed E-state index contributed by atoms with van der Waals surface area (Å²) in [6.07, 6.45) is 6.02. The van der Waals surface area contributed by atoms with Crippen molar-refractivity contribution in [2.45, 2.75) is 57.3 Å². The summed E-state index contributed by atoms with van der Waals surface area (Å²) < 4.78 is 0. The number of aliphatic hydroxyl groups is 1. The highest BCUT2D eigenvalue weighted by molar-refractivity contribution is 5.93. The van der Waals surface area contributed by atoms with Crippen molar-refractivity contribution < 1.29 is 14.7 Å². The second-order valence-corrected chi connectivity index (χ2v) is 11.3. The first-order valence-corrected chi connectivity index (χ1v) is 14.5. The van der Waals surface area contributed by atoms with Gasteiger partial charge in [0.25, 0.3) is 5.91 Å². The number of hydrogen-bond acceptors (Lipinski definition) is 8. The number of β-amino-alcohol motifs (C(OH)–C–C–N with tert-alkyl or cyclic N) is 1. The third-order valence-corrected chi connectivity index (χ3v) is 8.62. The number of rotatable bonds is 5. The van der Waals surface area contributed by atoms with E-state index in [4.69, 9.17) is 4.98 Å². The maximum absolute atomic E-state index is 13.8. The van der Waals surface area contributed by atoms with Gasteiger partial charge in [0.05, 0.1) is 6.10 Å². The molecule has 0 radical (unpaired) electrons. The third kappa shape index (κ3) is 6.08. The lowest BCUT2D eigenvalue weighted by atomic mass is 9.94. The molecule has 0 bridgehead atoms. The van der Waals surface area contributed by atoms with Crippen LogP contribution in [-0.2, 0) is 17.8 Å². The van der Waals surface area contributed by atoms with Crippen LogP contribution in [0.15, 0.2) is 54.9 Å². The van der Waals surface area contributed by atoms with Crippen molar-refractivity contribution in [1.82, 2.24) is 29.7 Å². The molecule has 3 aliphatic rings. The van der Waals surface area contributed by atoms with Gasteiger partial charge in [0.1, 0.15) is 11.5 Å². The number of aromatic nitrogens is 3. The molecule has 2 aromatic heterocycles. The van der Waals surface area contributed by atoms with Crippen LogP contribution >= 0.6 is 0 Å². The Balaban J connectivity index is 1.17. The summed E-state index contributed by atoms with van der Waals surface area (Å²) in [5.74, 6) is 0.878. The quantitative estimate of drug-likeness (QED) is 0.494. The minimum Gasteiger partial charge on any atom is -0.390 e. The van der Waals surface area contributed by atoms with Crippen LogP contribution in [0.3, 0.4) is 0 Å². The number of carbonyl (C=O) groups is 2. The first-order chi connectivity index (χ1) is 19.9. The molecule has 6 rings (SSSR count). The summed E-state index contributed by atoms with van der Waals surface area (Å²) in [6, 6.07) is 14.1. The molecular weight excluding hydrogens is 518 g/mol. The van der Waals surface area contributed by atoms with Gasteiger partial charge in [-0.1, -0.05) is 24.3 Å². The molecule has 10 heteroatoms. The van der Waals surface area contributed by atoms with E-state index in [9.17, 15) is 14.7 Å². The number of fused-ring (bicyclic) bond motifs is 1. The maximum atomic E-state index is 13.8. The Bertz CT molecular complexity index is 1390. The van der Waals surface area contributed by atoms with Crippen molar-refractivity contribution in [3.63, 3.8) is 0 Å². The Kier molecular flexibility index (Phi) is 7.93. The van der Waals surface area contributed by atoms with E-state index in [0.717, 1.165) is 37.9 Å². The van der Waals surface area contributed by atoms with E-state index in [1.54, 1.807) is 30.3 Å². The van der Waals surface area contributed by atoms with E-state index < -0.39 is 6.10 Å². The van der Waals surface area contributed by atoms with E-state index in [0.29, 0.717) is 43.4 Å². The molecule has 5 heterocycles. The van der Waals surface area contributed by atoms with Gasteiger partial charge in [-0.15, -0.1) is 0 Å². The Morgan fingerprint density at radius 3 is 2.46 bits per heavy atom. The van der Waals surface area contributed by atoms with Gasteiger partial charge in [0.15, 0.2) is 5.82 Å². The zero-order valence-electron chi connectivity index (χ0n) is 23.4. The van der Waals surface area contributed by atoms with Gasteiger partial charge in [0.2, 0.25) is 5.91 Å². The average Bonchev–Trinajstić information content (AvgIpc) is 3.01. The molecule has 2 fully saturated rings. The largest absolute Gasteiger partial charge is 0.390 e. The topological polar surface area (TPSA) is 115 Å². The van der Waals surface area contributed by atoms with E-state index in [1.807, 2.05) is 17.0 Å².